The van der Waals surface area contributed by atoms with Gasteiger partial charge in [0.25, 0.3) is 0 Å². The van der Waals surface area contributed by atoms with E-state index in [-0.39, 0.29) is 5.54 Å². The monoisotopic (exact) mass is 274 g/mol. The average molecular weight is 274 g/mol. The highest BCUT2D eigenvalue weighted by molar-refractivity contribution is 5.64. The van der Waals surface area contributed by atoms with Crippen LogP contribution in [0.5, 0.6) is 5.75 Å². The number of aromatic nitrogens is 1. The molecule has 1 N–H and O–H groups in total. The van der Waals surface area contributed by atoms with E-state index in [2.05, 4.69) is 31.1 Å². The standard InChI is InChI=1S/C16H22N2O2/c1-16(2,3)18-10-9-15-17-11-14(20-15)12-7-5-6-8-13(12)19-4/h5-8,11,18H,9-10H2,1-4H3. The fourth-order valence-corrected chi connectivity index (χ4v) is 1.94. The topological polar surface area (TPSA) is 47.3 Å². The summed E-state index contributed by atoms with van der Waals surface area (Å²) in [6.07, 6.45) is 2.52. The Morgan fingerprint density at radius 2 is 2.00 bits per heavy atom. The first-order chi connectivity index (χ1) is 9.49. The van der Waals surface area contributed by atoms with E-state index in [0.717, 1.165) is 35.9 Å². The Bertz CT molecular complexity index is 556. The quantitative estimate of drug-likeness (QED) is 0.909. The van der Waals surface area contributed by atoms with Crippen LogP contribution in [0.3, 0.4) is 0 Å². The van der Waals surface area contributed by atoms with Gasteiger partial charge in [-0.2, -0.15) is 0 Å². The molecule has 0 aliphatic rings. The van der Waals surface area contributed by atoms with Crippen molar-refractivity contribution in [2.24, 2.45) is 0 Å². The van der Waals surface area contributed by atoms with Crippen molar-refractivity contribution in [3.63, 3.8) is 0 Å². The average Bonchev–Trinajstić information content (AvgIpc) is 2.86. The van der Waals surface area contributed by atoms with Gasteiger partial charge in [0, 0.05) is 18.5 Å². The number of methoxy groups -OCH3 is 1. The Labute approximate surface area is 120 Å². The Kier molecular flexibility index (Phi) is 4.45. The van der Waals surface area contributed by atoms with Gasteiger partial charge in [0.1, 0.15) is 5.75 Å². The molecule has 1 heterocycles. The molecule has 1 aromatic carbocycles. The second-order valence-electron chi connectivity index (χ2n) is 5.75. The summed E-state index contributed by atoms with van der Waals surface area (Å²) >= 11 is 0. The van der Waals surface area contributed by atoms with Crippen LogP contribution >= 0.6 is 0 Å². The smallest absolute Gasteiger partial charge is 0.196 e. The molecule has 2 rings (SSSR count). The number of para-hydroxylation sites is 1. The first-order valence-corrected chi connectivity index (χ1v) is 6.83. The van der Waals surface area contributed by atoms with E-state index in [1.165, 1.54) is 0 Å². The van der Waals surface area contributed by atoms with Gasteiger partial charge < -0.3 is 14.5 Å². The third-order valence-corrected chi connectivity index (χ3v) is 2.92. The van der Waals surface area contributed by atoms with Crippen LogP contribution in [0.15, 0.2) is 34.9 Å². The summed E-state index contributed by atoms with van der Waals surface area (Å²) in [6.45, 7) is 7.27. The first-order valence-electron chi connectivity index (χ1n) is 6.83. The van der Waals surface area contributed by atoms with Crippen molar-refractivity contribution in [1.29, 1.82) is 0 Å². The normalized spacial score (nSPS) is 11.6. The van der Waals surface area contributed by atoms with E-state index in [0.29, 0.717) is 0 Å². The number of rotatable bonds is 5. The number of benzene rings is 1. The zero-order chi connectivity index (χ0) is 14.6. The van der Waals surface area contributed by atoms with Gasteiger partial charge in [-0.15, -0.1) is 0 Å². The molecular formula is C16H22N2O2. The molecule has 0 amide bonds. The Hall–Kier alpha value is -1.81. The maximum atomic E-state index is 5.80. The number of oxazole rings is 1. The molecule has 108 valence electrons. The Morgan fingerprint density at radius 3 is 2.70 bits per heavy atom. The third-order valence-electron chi connectivity index (χ3n) is 2.92. The zero-order valence-corrected chi connectivity index (χ0v) is 12.6. The molecule has 0 spiro atoms. The van der Waals surface area contributed by atoms with Gasteiger partial charge in [0.15, 0.2) is 11.7 Å². The van der Waals surface area contributed by atoms with Gasteiger partial charge in [-0.3, -0.25) is 0 Å². The largest absolute Gasteiger partial charge is 0.496 e. The van der Waals surface area contributed by atoms with Crippen molar-refractivity contribution in [3.8, 4) is 17.1 Å². The summed E-state index contributed by atoms with van der Waals surface area (Å²) < 4.78 is 11.1. The second kappa shape index (κ2) is 6.09. The van der Waals surface area contributed by atoms with Crippen molar-refractivity contribution in [2.75, 3.05) is 13.7 Å². The number of nitrogens with zero attached hydrogens (tertiary/aromatic N) is 1. The fourth-order valence-electron chi connectivity index (χ4n) is 1.94. The molecular weight excluding hydrogens is 252 g/mol. The Morgan fingerprint density at radius 1 is 1.25 bits per heavy atom. The minimum absolute atomic E-state index is 0.109. The molecule has 2 aromatic rings. The lowest BCUT2D eigenvalue weighted by Crippen LogP contribution is -2.37. The van der Waals surface area contributed by atoms with E-state index in [1.54, 1.807) is 13.3 Å². The maximum Gasteiger partial charge on any atom is 0.196 e. The van der Waals surface area contributed by atoms with Crippen LogP contribution in [0.2, 0.25) is 0 Å². The lowest BCUT2D eigenvalue weighted by Gasteiger charge is -2.19. The van der Waals surface area contributed by atoms with Crippen molar-refractivity contribution >= 4 is 0 Å². The molecule has 0 atom stereocenters. The number of ether oxygens (including phenoxy) is 1. The molecule has 0 saturated carbocycles. The first kappa shape index (κ1) is 14.6. The molecule has 0 fully saturated rings. The van der Waals surface area contributed by atoms with E-state index in [9.17, 15) is 0 Å². The Balaban J connectivity index is 2.05. The van der Waals surface area contributed by atoms with Crippen LogP contribution in [0.25, 0.3) is 11.3 Å². The summed E-state index contributed by atoms with van der Waals surface area (Å²) in [5, 5.41) is 3.42. The van der Waals surface area contributed by atoms with Gasteiger partial charge in [-0.25, -0.2) is 4.98 Å². The van der Waals surface area contributed by atoms with Crippen molar-refractivity contribution in [3.05, 3.63) is 36.4 Å². The van der Waals surface area contributed by atoms with Crippen LogP contribution in [-0.4, -0.2) is 24.2 Å². The molecule has 0 bridgehead atoms. The summed E-state index contributed by atoms with van der Waals surface area (Å²) in [5.41, 5.74) is 1.04. The summed E-state index contributed by atoms with van der Waals surface area (Å²) in [7, 11) is 1.66. The fraction of sp³-hybridized carbons (Fsp3) is 0.438. The van der Waals surface area contributed by atoms with Crippen LogP contribution in [-0.2, 0) is 6.42 Å². The van der Waals surface area contributed by atoms with Crippen molar-refractivity contribution in [2.45, 2.75) is 32.7 Å². The highest BCUT2D eigenvalue weighted by atomic mass is 16.5. The summed E-state index contributed by atoms with van der Waals surface area (Å²) in [6, 6.07) is 7.78. The third kappa shape index (κ3) is 3.84. The van der Waals surface area contributed by atoms with E-state index in [1.807, 2.05) is 24.3 Å². The van der Waals surface area contributed by atoms with Gasteiger partial charge >= 0.3 is 0 Å². The van der Waals surface area contributed by atoms with Gasteiger partial charge in [0.05, 0.1) is 18.9 Å². The number of nitrogens with one attached hydrogen (secondary N) is 1. The molecule has 0 aliphatic heterocycles. The lowest BCUT2D eigenvalue weighted by molar-refractivity contribution is 0.407. The molecule has 0 radical (unpaired) electrons. The predicted molar refractivity (Wildman–Crippen MR) is 80.0 cm³/mol. The molecule has 0 saturated heterocycles. The van der Waals surface area contributed by atoms with Crippen LogP contribution in [0.1, 0.15) is 26.7 Å². The maximum absolute atomic E-state index is 5.80. The summed E-state index contributed by atoms with van der Waals surface area (Å²) in [4.78, 5) is 4.33. The molecule has 20 heavy (non-hydrogen) atoms. The molecule has 0 unspecified atom stereocenters. The van der Waals surface area contributed by atoms with Gasteiger partial charge in [-0.1, -0.05) is 12.1 Å². The van der Waals surface area contributed by atoms with Crippen LogP contribution < -0.4 is 10.1 Å². The molecule has 1 aromatic heterocycles. The van der Waals surface area contributed by atoms with Gasteiger partial charge in [0.2, 0.25) is 0 Å². The SMILES string of the molecule is COc1ccccc1-c1cnc(CCNC(C)(C)C)o1. The van der Waals surface area contributed by atoms with E-state index >= 15 is 0 Å². The molecule has 0 aliphatic carbocycles. The highest BCUT2D eigenvalue weighted by Crippen LogP contribution is 2.29. The number of hydrogen-bond acceptors (Lipinski definition) is 4. The molecule has 4 heteroatoms. The highest BCUT2D eigenvalue weighted by Gasteiger charge is 2.12. The van der Waals surface area contributed by atoms with Crippen LogP contribution in [0, 0.1) is 0 Å². The van der Waals surface area contributed by atoms with Crippen molar-refractivity contribution < 1.29 is 9.15 Å². The van der Waals surface area contributed by atoms with Gasteiger partial charge in [-0.05, 0) is 32.9 Å². The van der Waals surface area contributed by atoms with Crippen LogP contribution in [0.4, 0.5) is 0 Å². The minimum atomic E-state index is 0.109. The second-order valence-corrected chi connectivity index (χ2v) is 5.75. The van der Waals surface area contributed by atoms with E-state index in [4.69, 9.17) is 9.15 Å². The predicted octanol–water partition coefficient (Wildman–Crippen LogP) is 3.28. The van der Waals surface area contributed by atoms with E-state index < -0.39 is 0 Å². The minimum Gasteiger partial charge on any atom is -0.496 e. The summed E-state index contributed by atoms with van der Waals surface area (Å²) in [5.74, 6) is 2.28. The van der Waals surface area contributed by atoms with Crippen molar-refractivity contribution in [1.82, 2.24) is 10.3 Å². The molecule has 4 nitrogen and oxygen atoms in total. The lowest BCUT2D eigenvalue weighted by atomic mass is 10.1. The number of hydrogen-bond donors (Lipinski definition) is 1. The zero-order valence-electron chi connectivity index (χ0n) is 12.6.